The fourth-order valence-electron chi connectivity index (χ4n) is 2.30. The highest BCUT2D eigenvalue weighted by Crippen LogP contribution is 2.11. The second-order valence-electron chi connectivity index (χ2n) is 4.96. The summed E-state index contributed by atoms with van der Waals surface area (Å²) in [5.41, 5.74) is 5.40. The molecule has 0 aromatic carbocycles. The number of hydrogen-bond acceptors (Lipinski definition) is 6. The minimum absolute atomic E-state index is 0.0263. The van der Waals surface area contributed by atoms with Gasteiger partial charge in [-0.2, -0.15) is 0 Å². The molecule has 0 atom stereocenters. The quantitative estimate of drug-likeness (QED) is 0.691. The lowest BCUT2D eigenvalue weighted by Gasteiger charge is -2.32. The average Bonchev–Trinajstić information content (AvgIpc) is 2.85. The lowest BCUT2D eigenvalue weighted by atomic mass is 10.0. The first kappa shape index (κ1) is 15.2. The number of nitrogens with one attached hydrogen (secondary N) is 1. The number of anilines is 1. The first-order chi connectivity index (χ1) is 10.1. The maximum atomic E-state index is 12.1. The molecule has 1 saturated heterocycles. The van der Waals surface area contributed by atoms with Crippen LogP contribution in [0.5, 0.6) is 0 Å². The summed E-state index contributed by atoms with van der Waals surface area (Å²) >= 11 is 0. The fraction of sp³-hybridized carbons (Fsp3) is 0.667. The Labute approximate surface area is 122 Å². The number of piperidine rings is 1. The Morgan fingerprint density at radius 1 is 1.48 bits per heavy atom. The summed E-state index contributed by atoms with van der Waals surface area (Å²) in [6.45, 7) is 1.42. The molecule has 1 aromatic rings. The lowest BCUT2D eigenvalue weighted by molar-refractivity contribution is -0.133. The summed E-state index contributed by atoms with van der Waals surface area (Å²) in [5, 5.41) is 6.77. The molecule has 21 heavy (non-hydrogen) atoms. The molecule has 1 aliphatic heterocycles. The minimum atomic E-state index is -0.125. The van der Waals surface area contributed by atoms with E-state index < -0.39 is 0 Å². The average molecular weight is 296 g/mol. The molecule has 0 bridgehead atoms. The Morgan fingerprint density at radius 3 is 2.76 bits per heavy atom. The summed E-state index contributed by atoms with van der Waals surface area (Å²) in [7, 11) is 1.48. The summed E-state index contributed by atoms with van der Waals surface area (Å²) in [5.74, 6) is 0.00398. The Kier molecular flexibility index (Phi) is 5.09. The molecule has 0 unspecified atom stereocenters. The third kappa shape index (κ3) is 4.42. The van der Waals surface area contributed by atoms with Crippen molar-refractivity contribution in [2.75, 3.05) is 32.5 Å². The third-order valence-electron chi connectivity index (χ3n) is 3.34. The summed E-state index contributed by atoms with van der Waals surface area (Å²) in [4.78, 5) is 29.1. The number of hydrogen-bond donors (Lipinski definition) is 2. The van der Waals surface area contributed by atoms with Crippen molar-refractivity contribution in [3.63, 3.8) is 0 Å². The first-order valence-corrected chi connectivity index (χ1v) is 6.79. The van der Waals surface area contributed by atoms with E-state index in [0.717, 1.165) is 12.8 Å². The Morgan fingerprint density at radius 2 is 2.19 bits per heavy atom. The van der Waals surface area contributed by atoms with Gasteiger partial charge in [-0.3, -0.25) is 9.59 Å². The van der Waals surface area contributed by atoms with Gasteiger partial charge in [0.2, 0.25) is 17.8 Å². The SMILES string of the molecule is COCC(=O)NC1CCN(C(=O)Cn2cnc(N)n2)CC1. The predicted molar refractivity (Wildman–Crippen MR) is 74.1 cm³/mol. The summed E-state index contributed by atoms with van der Waals surface area (Å²) < 4.78 is 6.19. The van der Waals surface area contributed by atoms with Crippen LogP contribution in [0.1, 0.15) is 12.8 Å². The van der Waals surface area contributed by atoms with Crippen molar-refractivity contribution in [3.8, 4) is 0 Å². The van der Waals surface area contributed by atoms with Gasteiger partial charge in [0, 0.05) is 26.2 Å². The number of likely N-dealkylation sites (tertiary alicyclic amines) is 1. The number of rotatable bonds is 5. The molecule has 1 aliphatic rings. The van der Waals surface area contributed by atoms with Crippen LogP contribution in [-0.2, 0) is 20.9 Å². The fourth-order valence-corrected chi connectivity index (χ4v) is 2.30. The Balaban J connectivity index is 1.75. The van der Waals surface area contributed by atoms with E-state index in [2.05, 4.69) is 15.4 Å². The number of ether oxygens (including phenoxy) is 1. The molecule has 0 saturated carbocycles. The van der Waals surface area contributed by atoms with E-state index in [-0.39, 0.29) is 37.0 Å². The molecule has 9 nitrogen and oxygen atoms in total. The molecule has 116 valence electrons. The van der Waals surface area contributed by atoms with Gasteiger partial charge in [0.1, 0.15) is 19.5 Å². The van der Waals surface area contributed by atoms with Gasteiger partial charge in [-0.25, -0.2) is 9.67 Å². The molecule has 0 spiro atoms. The van der Waals surface area contributed by atoms with Gasteiger partial charge in [-0.15, -0.1) is 5.10 Å². The van der Waals surface area contributed by atoms with Gasteiger partial charge in [-0.05, 0) is 12.8 Å². The van der Waals surface area contributed by atoms with E-state index in [9.17, 15) is 9.59 Å². The molecule has 2 heterocycles. The number of carbonyl (C=O) groups is 2. The summed E-state index contributed by atoms with van der Waals surface area (Å²) in [6.07, 6.45) is 2.91. The molecule has 1 fully saturated rings. The number of amides is 2. The number of carbonyl (C=O) groups excluding carboxylic acids is 2. The number of nitrogens with zero attached hydrogens (tertiary/aromatic N) is 4. The van der Waals surface area contributed by atoms with Gasteiger partial charge < -0.3 is 20.7 Å². The van der Waals surface area contributed by atoms with Crippen LogP contribution < -0.4 is 11.1 Å². The van der Waals surface area contributed by atoms with Crippen LogP contribution in [0.25, 0.3) is 0 Å². The van der Waals surface area contributed by atoms with Gasteiger partial charge in [-0.1, -0.05) is 0 Å². The zero-order valence-corrected chi connectivity index (χ0v) is 12.0. The van der Waals surface area contributed by atoms with Crippen LogP contribution in [0.15, 0.2) is 6.33 Å². The standard InChI is InChI=1S/C12H20N6O3/c1-21-7-10(19)15-9-2-4-17(5-3-9)11(20)6-18-8-14-12(13)16-18/h8-9H,2-7H2,1H3,(H2,13,16)(H,15,19). The van der Waals surface area contributed by atoms with Crippen LogP contribution in [0.4, 0.5) is 5.95 Å². The van der Waals surface area contributed by atoms with E-state index in [0.29, 0.717) is 13.1 Å². The number of nitrogen functional groups attached to an aromatic ring is 1. The molecule has 2 rings (SSSR count). The molecule has 0 aliphatic carbocycles. The van der Waals surface area contributed by atoms with Crippen LogP contribution in [0.3, 0.4) is 0 Å². The van der Waals surface area contributed by atoms with Crippen LogP contribution in [-0.4, -0.2) is 64.3 Å². The van der Waals surface area contributed by atoms with E-state index in [4.69, 9.17) is 10.5 Å². The topological polar surface area (TPSA) is 115 Å². The zero-order chi connectivity index (χ0) is 15.2. The van der Waals surface area contributed by atoms with Crippen LogP contribution in [0.2, 0.25) is 0 Å². The van der Waals surface area contributed by atoms with Crippen molar-refractivity contribution in [2.24, 2.45) is 0 Å². The highest BCUT2D eigenvalue weighted by Gasteiger charge is 2.24. The molecule has 9 heteroatoms. The van der Waals surface area contributed by atoms with Gasteiger partial charge in [0.15, 0.2) is 0 Å². The van der Waals surface area contributed by atoms with Crippen molar-refractivity contribution >= 4 is 17.8 Å². The normalized spacial score (nSPS) is 16.0. The number of nitrogens with two attached hydrogens (primary N) is 1. The van der Waals surface area contributed by atoms with Crippen LogP contribution >= 0.6 is 0 Å². The Bertz CT molecular complexity index is 495. The largest absolute Gasteiger partial charge is 0.375 e. The van der Waals surface area contributed by atoms with Gasteiger partial charge in [0.25, 0.3) is 0 Å². The molecule has 1 aromatic heterocycles. The van der Waals surface area contributed by atoms with Gasteiger partial charge >= 0.3 is 0 Å². The van der Waals surface area contributed by atoms with Crippen molar-refractivity contribution in [2.45, 2.75) is 25.4 Å². The van der Waals surface area contributed by atoms with Crippen molar-refractivity contribution in [1.82, 2.24) is 25.0 Å². The zero-order valence-electron chi connectivity index (χ0n) is 12.0. The number of aromatic nitrogens is 3. The van der Waals surface area contributed by atoms with Crippen molar-refractivity contribution < 1.29 is 14.3 Å². The second kappa shape index (κ2) is 7.02. The highest BCUT2D eigenvalue weighted by molar-refractivity contribution is 5.78. The molecule has 0 radical (unpaired) electrons. The molecular weight excluding hydrogens is 276 g/mol. The predicted octanol–water partition coefficient (Wildman–Crippen LogP) is -1.39. The highest BCUT2D eigenvalue weighted by atomic mass is 16.5. The third-order valence-corrected chi connectivity index (χ3v) is 3.34. The molecule has 3 N–H and O–H groups in total. The first-order valence-electron chi connectivity index (χ1n) is 6.79. The van der Waals surface area contributed by atoms with Crippen molar-refractivity contribution in [1.29, 1.82) is 0 Å². The van der Waals surface area contributed by atoms with E-state index in [1.165, 1.54) is 18.1 Å². The van der Waals surface area contributed by atoms with E-state index >= 15 is 0 Å². The second-order valence-corrected chi connectivity index (χ2v) is 4.96. The summed E-state index contributed by atoms with van der Waals surface area (Å²) in [6, 6.07) is 0.0960. The molecular formula is C12H20N6O3. The Hall–Kier alpha value is -2.16. The van der Waals surface area contributed by atoms with Crippen LogP contribution in [0, 0.1) is 0 Å². The van der Waals surface area contributed by atoms with E-state index in [1.54, 1.807) is 4.90 Å². The van der Waals surface area contributed by atoms with E-state index in [1.807, 2.05) is 0 Å². The monoisotopic (exact) mass is 296 g/mol. The molecule has 2 amide bonds. The lowest BCUT2D eigenvalue weighted by Crippen LogP contribution is -2.48. The smallest absolute Gasteiger partial charge is 0.246 e. The maximum absolute atomic E-state index is 12.1. The maximum Gasteiger partial charge on any atom is 0.246 e. The van der Waals surface area contributed by atoms with Gasteiger partial charge in [0.05, 0.1) is 0 Å². The minimum Gasteiger partial charge on any atom is -0.375 e. The van der Waals surface area contributed by atoms with Crippen molar-refractivity contribution in [3.05, 3.63) is 6.33 Å². The number of methoxy groups -OCH3 is 1.